The van der Waals surface area contributed by atoms with Crippen molar-refractivity contribution in [2.75, 3.05) is 0 Å². The number of hydrazone groups is 1. The first-order chi connectivity index (χ1) is 13.4. The van der Waals surface area contributed by atoms with Crippen LogP contribution in [0.1, 0.15) is 109 Å². The number of rotatable bonds is 7. The molecule has 0 saturated heterocycles. The molecule has 162 valence electrons. The average molecular weight is 419 g/mol. The van der Waals surface area contributed by atoms with Gasteiger partial charge in [0, 0.05) is 11.1 Å². The minimum Gasteiger partial charge on any atom is -0.200 e. The largest absolute Gasteiger partial charge is 0.277 e. The molecular weight excluding hydrogens is 380 g/mol. The molecule has 0 heterocycles. The highest BCUT2D eigenvalue weighted by molar-refractivity contribution is 7.89. The lowest BCUT2D eigenvalue weighted by Crippen LogP contribution is -2.32. The van der Waals surface area contributed by atoms with E-state index in [9.17, 15) is 8.42 Å². The van der Waals surface area contributed by atoms with Crippen molar-refractivity contribution in [1.82, 2.24) is 4.83 Å². The van der Waals surface area contributed by atoms with Gasteiger partial charge in [-0.05, 0) is 53.7 Å². The van der Waals surface area contributed by atoms with Gasteiger partial charge >= 0.3 is 0 Å². The minimum atomic E-state index is -3.78. The van der Waals surface area contributed by atoms with Crippen LogP contribution < -0.4 is 4.83 Å². The maximum absolute atomic E-state index is 13.5. The molecule has 4 nitrogen and oxygen atoms in total. The Morgan fingerprint density at radius 1 is 1.03 bits per heavy atom. The van der Waals surface area contributed by atoms with Gasteiger partial charge in [0.05, 0.1) is 4.90 Å². The highest BCUT2D eigenvalue weighted by atomic mass is 32.2. The smallest absolute Gasteiger partial charge is 0.200 e. The van der Waals surface area contributed by atoms with Gasteiger partial charge in [-0.1, -0.05) is 73.1 Å². The third-order valence-electron chi connectivity index (χ3n) is 6.12. The fourth-order valence-corrected chi connectivity index (χ4v) is 5.51. The van der Waals surface area contributed by atoms with Gasteiger partial charge in [0.15, 0.2) is 0 Å². The maximum atomic E-state index is 13.5. The van der Waals surface area contributed by atoms with E-state index in [1.807, 2.05) is 33.8 Å². The Bertz CT molecular complexity index is 853. The predicted octanol–water partition coefficient (Wildman–Crippen LogP) is 6.46. The van der Waals surface area contributed by atoms with Gasteiger partial charge in [-0.2, -0.15) is 13.5 Å². The van der Waals surface area contributed by atoms with Crippen LogP contribution in [-0.2, 0) is 10.0 Å². The van der Waals surface area contributed by atoms with Gasteiger partial charge in [-0.15, -0.1) is 6.58 Å². The van der Waals surface area contributed by atoms with Crippen LogP contribution in [0, 0.1) is 5.41 Å². The number of nitrogens with one attached hydrogen (secondary N) is 1. The Hall–Kier alpha value is -1.62. The van der Waals surface area contributed by atoms with E-state index in [-0.39, 0.29) is 17.3 Å². The van der Waals surface area contributed by atoms with Gasteiger partial charge in [-0.25, -0.2) is 4.83 Å². The van der Waals surface area contributed by atoms with Crippen LogP contribution >= 0.6 is 0 Å². The van der Waals surface area contributed by atoms with Crippen molar-refractivity contribution in [2.45, 2.75) is 96.8 Å². The molecule has 5 heteroatoms. The van der Waals surface area contributed by atoms with Crippen LogP contribution in [-0.4, -0.2) is 14.1 Å². The second-order valence-electron chi connectivity index (χ2n) is 9.47. The van der Waals surface area contributed by atoms with Gasteiger partial charge in [-0.3, -0.25) is 0 Å². The third-order valence-corrected chi connectivity index (χ3v) is 7.46. The first kappa shape index (κ1) is 23.7. The topological polar surface area (TPSA) is 58.5 Å². The molecule has 1 atom stereocenters. The molecule has 0 bridgehead atoms. The molecule has 0 spiro atoms. The number of allylic oxidation sites excluding steroid dienone is 1. The summed E-state index contributed by atoms with van der Waals surface area (Å²) in [5, 5.41) is 4.42. The Morgan fingerprint density at radius 3 is 2.03 bits per heavy atom. The summed E-state index contributed by atoms with van der Waals surface area (Å²) in [4.78, 5) is 2.98. The van der Waals surface area contributed by atoms with Crippen molar-refractivity contribution < 1.29 is 8.42 Å². The number of hydrogen-bond donors (Lipinski definition) is 1. The summed E-state index contributed by atoms with van der Waals surface area (Å²) in [7, 11) is -3.78. The minimum absolute atomic E-state index is 0.0959. The fraction of sp³-hybridized carbons (Fsp3) is 0.625. The average Bonchev–Trinajstić information content (AvgIpc) is 2.66. The molecule has 1 N–H and O–H groups in total. The van der Waals surface area contributed by atoms with E-state index < -0.39 is 10.0 Å². The summed E-state index contributed by atoms with van der Waals surface area (Å²) >= 11 is 0. The lowest BCUT2D eigenvalue weighted by atomic mass is 9.74. The molecule has 0 aromatic heterocycles. The van der Waals surface area contributed by atoms with Crippen LogP contribution in [0.3, 0.4) is 0 Å². The molecule has 1 unspecified atom stereocenters. The van der Waals surface area contributed by atoms with E-state index in [4.69, 9.17) is 0 Å². The first-order valence-electron chi connectivity index (χ1n) is 10.8. The zero-order valence-corrected chi connectivity index (χ0v) is 20.0. The zero-order valence-electron chi connectivity index (χ0n) is 19.2. The van der Waals surface area contributed by atoms with E-state index in [1.54, 1.807) is 0 Å². The molecule has 1 aliphatic rings. The second kappa shape index (κ2) is 9.03. The Morgan fingerprint density at radius 2 is 1.59 bits per heavy atom. The molecule has 0 radical (unpaired) electrons. The van der Waals surface area contributed by atoms with Crippen LogP contribution in [0.15, 0.2) is 34.8 Å². The summed E-state index contributed by atoms with van der Waals surface area (Å²) in [6.45, 7) is 18.5. The van der Waals surface area contributed by atoms with Gasteiger partial charge in [0.1, 0.15) is 0 Å². The van der Waals surface area contributed by atoms with Crippen LogP contribution in [0.2, 0.25) is 0 Å². The lowest BCUT2D eigenvalue weighted by Gasteiger charge is -2.32. The van der Waals surface area contributed by atoms with Gasteiger partial charge < -0.3 is 0 Å². The molecule has 0 amide bonds. The standard InChI is InChI=1S/C24H38N2O2S/c1-9-24(8)13-11-10-12-22(24)25-26-29(27,28)23-20(17(4)5)14-19(16(2)3)15-21(23)18(6)7/h9,14-18,26H,1,10-13H2,2-8H3. The monoisotopic (exact) mass is 418 g/mol. The second-order valence-corrected chi connectivity index (χ2v) is 11.1. The van der Waals surface area contributed by atoms with Gasteiger partial charge in [0.25, 0.3) is 10.0 Å². The molecule has 1 fully saturated rings. The molecular formula is C24H38N2O2S. The van der Waals surface area contributed by atoms with Crippen molar-refractivity contribution >= 4 is 15.7 Å². The van der Waals surface area contributed by atoms with Crippen molar-refractivity contribution in [3.63, 3.8) is 0 Å². The van der Waals surface area contributed by atoms with Crippen LogP contribution in [0.4, 0.5) is 0 Å². The van der Waals surface area contributed by atoms with Gasteiger partial charge in [0.2, 0.25) is 0 Å². The molecule has 0 aliphatic heterocycles. The third kappa shape index (κ3) is 5.11. The van der Waals surface area contributed by atoms with E-state index in [1.165, 1.54) is 5.56 Å². The number of benzene rings is 1. The highest BCUT2D eigenvalue weighted by Gasteiger charge is 2.32. The van der Waals surface area contributed by atoms with Crippen molar-refractivity contribution in [1.29, 1.82) is 0 Å². The number of sulfonamides is 1. The van der Waals surface area contributed by atoms with Crippen LogP contribution in [0.5, 0.6) is 0 Å². The number of nitrogens with zero attached hydrogens (tertiary/aromatic N) is 1. The summed E-state index contributed by atoms with van der Waals surface area (Å²) < 4.78 is 26.9. The SMILES string of the molecule is C=CC1(C)CCCCC1=NNS(=O)(=O)c1c(C(C)C)cc(C(C)C)cc1C(C)C. The zero-order chi connectivity index (χ0) is 22.0. The van der Waals surface area contributed by atoms with Crippen molar-refractivity contribution in [3.05, 3.63) is 41.5 Å². The molecule has 1 aromatic rings. The van der Waals surface area contributed by atoms with E-state index in [0.29, 0.717) is 10.8 Å². The van der Waals surface area contributed by atoms with Crippen molar-refractivity contribution in [3.8, 4) is 0 Å². The summed E-state index contributed by atoms with van der Waals surface area (Å²) in [5.74, 6) is 0.530. The Balaban J connectivity index is 2.59. The molecule has 1 aromatic carbocycles. The van der Waals surface area contributed by atoms with Crippen LogP contribution in [0.25, 0.3) is 0 Å². The summed E-state index contributed by atoms with van der Waals surface area (Å²) in [6, 6.07) is 4.11. The van der Waals surface area contributed by atoms with E-state index in [2.05, 4.69) is 49.4 Å². The van der Waals surface area contributed by atoms with E-state index >= 15 is 0 Å². The summed E-state index contributed by atoms with van der Waals surface area (Å²) in [6.07, 6.45) is 5.79. The molecule has 2 rings (SSSR count). The lowest BCUT2D eigenvalue weighted by molar-refractivity contribution is 0.455. The maximum Gasteiger partial charge on any atom is 0.277 e. The first-order valence-corrected chi connectivity index (χ1v) is 12.3. The normalized spacial score (nSPS) is 21.9. The fourth-order valence-electron chi connectivity index (χ4n) is 3.98. The van der Waals surface area contributed by atoms with E-state index in [0.717, 1.165) is 42.5 Å². The Kier molecular flexibility index (Phi) is 7.37. The Labute approximate surface area is 177 Å². The summed E-state index contributed by atoms with van der Waals surface area (Å²) in [5.41, 5.74) is 3.53. The number of hydrogen-bond acceptors (Lipinski definition) is 3. The van der Waals surface area contributed by atoms with Crippen molar-refractivity contribution in [2.24, 2.45) is 10.5 Å². The molecule has 29 heavy (non-hydrogen) atoms. The molecule has 1 saturated carbocycles. The highest BCUT2D eigenvalue weighted by Crippen LogP contribution is 2.36. The predicted molar refractivity (Wildman–Crippen MR) is 123 cm³/mol. The quantitative estimate of drug-likeness (QED) is 0.408. The molecule has 1 aliphatic carbocycles.